The van der Waals surface area contributed by atoms with Crippen LogP contribution in [0.1, 0.15) is 6.42 Å². The number of likely N-dealkylation sites (tertiary alicyclic amines) is 1. The molecule has 1 saturated heterocycles. The first kappa shape index (κ1) is 13.9. The first-order valence-electron chi connectivity index (χ1n) is 6.04. The highest BCUT2D eigenvalue weighted by molar-refractivity contribution is 5.38. The molecule has 1 atom stereocenters. The van der Waals surface area contributed by atoms with Gasteiger partial charge >= 0.3 is 6.18 Å². The molecule has 1 aliphatic rings. The fraction of sp³-hybridized carbons (Fsp3) is 0.636. The molecule has 1 aromatic rings. The molecule has 0 radical (unpaired) electrons. The van der Waals surface area contributed by atoms with Gasteiger partial charge in [-0.15, -0.1) is 10.2 Å². The highest BCUT2D eigenvalue weighted by atomic mass is 19.4. The number of hydrogen-bond acceptors (Lipinski definition) is 5. The van der Waals surface area contributed by atoms with Crippen LogP contribution in [0, 0.1) is 5.92 Å². The minimum absolute atomic E-state index is 0.196. The van der Waals surface area contributed by atoms with Crippen LogP contribution in [0.4, 0.5) is 24.8 Å². The van der Waals surface area contributed by atoms with Gasteiger partial charge in [0.25, 0.3) is 0 Å². The molecule has 19 heavy (non-hydrogen) atoms. The zero-order chi connectivity index (χ0) is 13.9. The monoisotopic (exact) mass is 275 g/mol. The average molecular weight is 275 g/mol. The highest BCUT2D eigenvalue weighted by Gasteiger charge is 2.34. The van der Waals surface area contributed by atoms with Crippen LogP contribution < -0.4 is 11.1 Å². The standard InChI is InChI=1S/C11H16F3N5/c12-11(13,14)7-19-4-3-8(6-19)5-16-10-2-1-9(15)17-18-10/h1-2,8H,3-7H2,(H2,15,17)(H,16,18). The summed E-state index contributed by atoms with van der Waals surface area (Å²) in [5, 5.41) is 10.6. The van der Waals surface area contributed by atoms with E-state index in [1.54, 1.807) is 12.1 Å². The summed E-state index contributed by atoms with van der Waals surface area (Å²) in [5.41, 5.74) is 5.41. The third-order valence-corrected chi connectivity index (χ3v) is 3.03. The predicted molar refractivity (Wildman–Crippen MR) is 65.5 cm³/mol. The third-order valence-electron chi connectivity index (χ3n) is 3.03. The molecule has 8 heteroatoms. The number of anilines is 2. The van der Waals surface area contributed by atoms with Crippen molar-refractivity contribution < 1.29 is 13.2 Å². The number of hydrogen-bond donors (Lipinski definition) is 2. The van der Waals surface area contributed by atoms with Crippen LogP contribution in [0.3, 0.4) is 0 Å². The lowest BCUT2D eigenvalue weighted by molar-refractivity contribution is -0.143. The van der Waals surface area contributed by atoms with Crippen LogP contribution in [0.2, 0.25) is 0 Å². The molecular weight excluding hydrogens is 259 g/mol. The minimum Gasteiger partial charge on any atom is -0.382 e. The molecule has 0 spiro atoms. The Morgan fingerprint density at radius 1 is 1.37 bits per heavy atom. The fourth-order valence-electron chi connectivity index (χ4n) is 2.16. The minimum atomic E-state index is -4.12. The molecule has 1 aromatic heterocycles. The Hall–Kier alpha value is -1.57. The van der Waals surface area contributed by atoms with E-state index in [0.717, 1.165) is 6.42 Å². The largest absolute Gasteiger partial charge is 0.401 e. The van der Waals surface area contributed by atoms with Crippen molar-refractivity contribution in [3.05, 3.63) is 12.1 Å². The fourth-order valence-corrected chi connectivity index (χ4v) is 2.16. The van der Waals surface area contributed by atoms with E-state index in [1.807, 2.05) is 0 Å². The summed E-state index contributed by atoms with van der Waals surface area (Å²) in [4.78, 5) is 1.43. The summed E-state index contributed by atoms with van der Waals surface area (Å²) in [7, 11) is 0. The van der Waals surface area contributed by atoms with E-state index in [-0.39, 0.29) is 5.92 Å². The van der Waals surface area contributed by atoms with Crippen LogP contribution in [0.15, 0.2) is 12.1 Å². The second-order valence-electron chi connectivity index (χ2n) is 4.73. The summed E-state index contributed by atoms with van der Waals surface area (Å²) in [5.74, 6) is 1.12. The Bertz CT molecular complexity index is 406. The molecule has 5 nitrogen and oxygen atoms in total. The molecule has 2 rings (SSSR count). The van der Waals surface area contributed by atoms with E-state index in [2.05, 4.69) is 15.5 Å². The van der Waals surface area contributed by atoms with Crippen LogP contribution in [-0.4, -0.2) is 47.5 Å². The van der Waals surface area contributed by atoms with Gasteiger partial charge in [-0.05, 0) is 31.0 Å². The Morgan fingerprint density at radius 3 is 2.79 bits per heavy atom. The second kappa shape index (κ2) is 5.60. The lowest BCUT2D eigenvalue weighted by Gasteiger charge is -2.18. The van der Waals surface area contributed by atoms with Crippen molar-refractivity contribution in [3.63, 3.8) is 0 Å². The molecule has 0 saturated carbocycles. The van der Waals surface area contributed by atoms with Gasteiger partial charge in [-0.25, -0.2) is 0 Å². The number of nitrogens with two attached hydrogens (primary N) is 1. The van der Waals surface area contributed by atoms with Gasteiger partial charge in [0.05, 0.1) is 6.54 Å². The molecule has 1 aliphatic heterocycles. The Balaban J connectivity index is 1.75. The quantitative estimate of drug-likeness (QED) is 0.868. The smallest absolute Gasteiger partial charge is 0.382 e. The number of nitrogens with zero attached hydrogens (tertiary/aromatic N) is 3. The van der Waals surface area contributed by atoms with Crippen LogP contribution >= 0.6 is 0 Å². The van der Waals surface area contributed by atoms with Crippen molar-refractivity contribution in [2.24, 2.45) is 5.92 Å². The Kier molecular flexibility index (Phi) is 4.08. The molecule has 0 aromatic carbocycles. The molecule has 1 fully saturated rings. The van der Waals surface area contributed by atoms with Crippen molar-refractivity contribution in [2.45, 2.75) is 12.6 Å². The van der Waals surface area contributed by atoms with Crippen molar-refractivity contribution in [2.75, 3.05) is 37.2 Å². The Labute approximate surface area is 109 Å². The SMILES string of the molecule is Nc1ccc(NCC2CCN(CC(F)(F)F)C2)nn1. The molecule has 0 bridgehead atoms. The predicted octanol–water partition coefficient (Wildman–Crippen LogP) is 1.35. The van der Waals surface area contributed by atoms with Gasteiger partial charge in [0.15, 0.2) is 0 Å². The highest BCUT2D eigenvalue weighted by Crippen LogP contribution is 2.22. The summed E-state index contributed by atoms with van der Waals surface area (Å²) in [6.07, 6.45) is -3.36. The van der Waals surface area contributed by atoms with Crippen molar-refractivity contribution in [1.29, 1.82) is 0 Å². The molecule has 0 amide bonds. The maximum absolute atomic E-state index is 12.2. The van der Waals surface area contributed by atoms with E-state index < -0.39 is 12.7 Å². The maximum Gasteiger partial charge on any atom is 0.401 e. The first-order valence-corrected chi connectivity index (χ1v) is 6.04. The Morgan fingerprint density at radius 2 is 2.16 bits per heavy atom. The molecule has 0 aliphatic carbocycles. The van der Waals surface area contributed by atoms with E-state index in [1.165, 1.54) is 4.90 Å². The zero-order valence-electron chi connectivity index (χ0n) is 10.3. The summed E-state index contributed by atoms with van der Waals surface area (Å²) in [6, 6.07) is 3.32. The van der Waals surface area contributed by atoms with Crippen LogP contribution in [-0.2, 0) is 0 Å². The first-order chi connectivity index (χ1) is 8.92. The van der Waals surface area contributed by atoms with Gasteiger partial charge in [-0.2, -0.15) is 13.2 Å². The van der Waals surface area contributed by atoms with E-state index in [0.29, 0.717) is 31.3 Å². The topological polar surface area (TPSA) is 67.1 Å². The van der Waals surface area contributed by atoms with E-state index >= 15 is 0 Å². The summed E-state index contributed by atoms with van der Waals surface area (Å²) in [6.45, 7) is 0.701. The van der Waals surface area contributed by atoms with E-state index in [4.69, 9.17) is 5.73 Å². The van der Waals surface area contributed by atoms with Gasteiger partial charge in [0.2, 0.25) is 0 Å². The van der Waals surface area contributed by atoms with Gasteiger partial charge in [-0.1, -0.05) is 0 Å². The molecular formula is C11H16F3N5. The van der Waals surface area contributed by atoms with Crippen LogP contribution in [0.25, 0.3) is 0 Å². The molecule has 106 valence electrons. The van der Waals surface area contributed by atoms with Gasteiger partial charge in [-0.3, -0.25) is 4.90 Å². The van der Waals surface area contributed by atoms with Gasteiger partial charge < -0.3 is 11.1 Å². The third kappa shape index (κ3) is 4.55. The lowest BCUT2D eigenvalue weighted by atomic mass is 10.1. The molecule has 2 heterocycles. The number of aromatic nitrogens is 2. The van der Waals surface area contributed by atoms with Crippen LogP contribution in [0.5, 0.6) is 0 Å². The zero-order valence-corrected chi connectivity index (χ0v) is 10.3. The number of nitrogen functional groups attached to an aromatic ring is 1. The van der Waals surface area contributed by atoms with E-state index in [9.17, 15) is 13.2 Å². The number of rotatable bonds is 4. The maximum atomic E-state index is 12.2. The van der Waals surface area contributed by atoms with Crippen molar-refractivity contribution in [3.8, 4) is 0 Å². The van der Waals surface area contributed by atoms with Gasteiger partial charge in [0.1, 0.15) is 11.6 Å². The average Bonchev–Trinajstić information content (AvgIpc) is 2.73. The van der Waals surface area contributed by atoms with Crippen molar-refractivity contribution >= 4 is 11.6 Å². The normalized spacial score (nSPS) is 20.7. The summed E-state index contributed by atoms with van der Waals surface area (Å²) >= 11 is 0. The second-order valence-corrected chi connectivity index (χ2v) is 4.73. The molecule has 3 N–H and O–H groups in total. The van der Waals surface area contributed by atoms with Gasteiger partial charge in [0, 0.05) is 13.1 Å². The summed E-state index contributed by atoms with van der Waals surface area (Å²) < 4.78 is 36.7. The lowest BCUT2D eigenvalue weighted by Crippen LogP contribution is -2.33. The molecule has 1 unspecified atom stereocenters. The number of nitrogens with one attached hydrogen (secondary N) is 1. The number of halogens is 3. The van der Waals surface area contributed by atoms with Crippen molar-refractivity contribution in [1.82, 2.24) is 15.1 Å². The number of alkyl halides is 3.